The fourth-order valence-electron chi connectivity index (χ4n) is 3.82. The number of carbonyl (C=O) groups excluding carboxylic acids is 2. The van der Waals surface area contributed by atoms with E-state index in [2.05, 4.69) is 5.10 Å². The highest BCUT2D eigenvalue weighted by molar-refractivity contribution is 6.06. The van der Waals surface area contributed by atoms with Gasteiger partial charge in [0.05, 0.1) is 34.1 Å². The third-order valence-electron chi connectivity index (χ3n) is 5.62. The average Bonchev–Trinajstić information content (AvgIpc) is 3.36. The topological polar surface area (TPSA) is 98.1 Å². The lowest BCUT2D eigenvalue weighted by atomic mass is 10.0. The van der Waals surface area contributed by atoms with Crippen LogP contribution in [0.5, 0.6) is 17.2 Å². The molecule has 0 saturated heterocycles. The van der Waals surface area contributed by atoms with Crippen LogP contribution >= 0.6 is 0 Å². The normalized spacial score (nSPS) is 10.5. The molecule has 0 spiro atoms. The maximum absolute atomic E-state index is 12.9. The van der Waals surface area contributed by atoms with Gasteiger partial charge in [-0.25, -0.2) is 14.3 Å². The van der Waals surface area contributed by atoms with E-state index in [-0.39, 0.29) is 23.6 Å². The molecule has 0 aliphatic carbocycles. The predicted molar refractivity (Wildman–Crippen MR) is 136 cm³/mol. The van der Waals surface area contributed by atoms with Gasteiger partial charge in [0.15, 0.2) is 17.2 Å². The highest BCUT2D eigenvalue weighted by Gasteiger charge is 2.31. The number of hydrogen-bond donors (Lipinski definition) is 0. The zero-order valence-electron chi connectivity index (χ0n) is 20.9. The molecule has 1 aromatic heterocycles. The molecule has 0 aliphatic rings. The molecular weight excluding hydrogens is 476 g/mol. The van der Waals surface area contributed by atoms with Crippen molar-refractivity contribution in [3.8, 4) is 34.2 Å². The quantitative estimate of drug-likeness (QED) is 0.304. The molecule has 0 bridgehead atoms. The van der Waals surface area contributed by atoms with Crippen molar-refractivity contribution >= 4 is 11.9 Å². The zero-order chi connectivity index (χ0) is 26.4. The number of methoxy groups -OCH3 is 4. The van der Waals surface area contributed by atoms with Crippen LogP contribution in [-0.2, 0) is 16.1 Å². The smallest absolute Gasteiger partial charge is 0.357 e. The second-order valence-corrected chi connectivity index (χ2v) is 7.81. The summed E-state index contributed by atoms with van der Waals surface area (Å²) in [4.78, 5) is 25.7. The van der Waals surface area contributed by atoms with Crippen molar-refractivity contribution in [3.05, 3.63) is 89.6 Å². The monoisotopic (exact) mass is 502 g/mol. The van der Waals surface area contributed by atoms with Gasteiger partial charge < -0.3 is 23.7 Å². The van der Waals surface area contributed by atoms with Crippen LogP contribution in [0.15, 0.2) is 72.8 Å². The number of rotatable bonds is 9. The summed E-state index contributed by atoms with van der Waals surface area (Å²) in [5.74, 6) is 0.166. The lowest BCUT2D eigenvalue weighted by Crippen LogP contribution is -2.15. The van der Waals surface area contributed by atoms with Crippen LogP contribution in [0.1, 0.15) is 26.4 Å². The van der Waals surface area contributed by atoms with Gasteiger partial charge in [0, 0.05) is 5.56 Å². The molecule has 0 amide bonds. The first-order chi connectivity index (χ1) is 18.0. The molecule has 0 atom stereocenters. The van der Waals surface area contributed by atoms with Gasteiger partial charge in [-0.1, -0.05) is 30.3 Å². The largest absolute Gasteiger partial charge is 0.497 e. The van der Waals surface area contributed by atoms with Crippen molar-refractivity contribution in [1.29, 1.82) is 0 Å². The summed E-state index contributed by atoms with van der Waals surface area (Å²) in [5.41, 5.74) is 2.13. The molecule has 0 aliphatic heterocycles. The molecule has 9 heteroatoms. The molecule has 0 unspecified atom stereocenters. The van der Waals surface area contributed by atoms with Crippen molar-refractivity contribution < 1.29 is 33.3 Å². The number of carbonyl (C=O) groups is 2. The maximum atomic E-state index is 12.9. The van der Waals surface area contributed by atoms with Crippen LogP contribution in [0, 0.1) is 0 Å². The molecule has 4 rings (SSSR count). The summed E-state index contributed by atoms with van der Waals surface area (Å²) >= 11 is 0. The highest BCUT2D eigenvalue weighted by atomic mass is 16.5. The first-order valence-corrected chi connectivity index (χ1v) is 11.3. The highest BCUT2D eigenvalue weighted by Crippen LogP contribution is 2.36. The summed E-state index contributed by atoms with van der Waals surface area (Å²) in [5, 5.41) is 4.63. The summed E-state index contributed by atoms with van der Waals surface area (Å²) in [7, 11) is 5.61. The lowest BCUT2D eigenvalue weighted by Gasteiger charge is -2.13. The summed E-state index contributed by atoms with van der Waals surface area (Å²) in [6.07, 6.45) is 0. The van der Waals surface area contributed by atoms with Gasteiger partial charge in [-0.3, -0.25) is 0 Å². The van der Waals surface area contributed by atoms with Crippen LogP contribution in [0.4, 0.5) is 0 Å². The maximum Gasteiger partial charge on any atom is 0.357 e. The van der Waals surface area contributed by atoms with E-state index in [4.69, 9.17) is 23.7 Å². The summed E-state index contributed by atoms with van der Waals surface area (Å²) < 4.78 is 28.2. The van der Waals surface area contributed by atoms with E-state index in [1.165, 1.54) is 26.0 Å². The minimum Gasteiger partial charge on any atom is -0.497 e. The Balaban J connectivity index is 1.83. The molecule has 0 N–H and O–H groups in total. The van der Waals surface area contributed by atoms with Gasteiger partial charge in [0.25, 0.3) is 0 Å². The predicted octanol–water partition coefficient (Wildman–Crippen LogP) is 4.71. The Morgan fingerprint density at radius 1 is 0.784 bits per heavy atom. The zero-order valence-corrected chi connectivity index (χ0v) is 20.9. The molecule has 190 valence electrons. The Morgan fingerprint density at radius 2 is 1.54 bits per heavy atom. The van der Waals surface area contributed by atoms with E-state index in [1.54, 1.807) is 49.6 Å². The van der Waals surface area contributed by atoms with Gasteiger partial charge in [-0.05, 0) is 48.0 Å². The Hall–Kier alpha value is -4.79. The second-order valence-electron chi connectivity index (χ2n) is 7.81. The standard InChI is InChI=1S/C28H26N2O7/c1-33-21-12-8-9-18(15-21)17-37-23-16-19(13-14-22(23)34-2)25-24(27(31)35-3)26(28(32)36-4)30(29-25)20-10-6-5-7-11-20/h5-16H,17H2,1-4H3. The number of aromatic nitrogens is 2. The van der Waals surface area contributed by atoms with E-state index < -0.39 is 11.9 Å². The molecule has 3 aromatic carbocycles. The molecular formula is C28H26N2O7. The average molecular weight is 503 g/mol. The SMILES string of the molecule is COC(=O)c1c(-c2ccc(OC)c(OCc3cccc(OC)c3)c2)nn(-c2ccccc2)c1C(=O)OC. The van der Waals surface area contributed by atoms with Crippen LogP contribution in [0.2, 0.25) is 0 Å². The number of nitrogens with zero attached hydrogens (tertiary/aromatic N) is 2. The fourth-order valence-corrected chi connectivity index (χ4v) is 3.82. The fraction of sp³-hybridized carbons (Fsp3) is 0.179. The van der Waals surface area contributed by atoms with Crippen molar-refractivity contribution in [2.75, 3.05) is 28.4 Å². The number of benzene rings is 3. The Bertz CT molecular complexity index is 1410. The van der Waals surface area contributed by atoms with E-state index in [0.29, 0.717) is 28.5 Å². The van der Waals surface area contributed by atoms with Crippen LogP contribution in [0.25, 0.3) is 16.9 Å². The van der Waals surface area contributed by atoms with Crippen molar-refractivity contribution in [1.82, 2.24) is 9.78 Å². The minimum absolute atomic E-state index is 0.0258. The molecule has 37 heavy (non-hydrogen) atoms. The first kappa shape index (κ1) is 25.3. The van der Waals surface area contributed by atoms with Gasteiger partial charge in [0.2, 0.25) is 0 Å². The van der Waals surface area contributed by atoms with E-state index in [1.807, 2.05) is 30.3 Å². The molecule has 4 aromatic rings. The van der Waals surface area contributed by atoms with Gasteiger partial charge in [-0.2, -0.15) is 5.10 Å². The molecule has 0 fully saturated rings. The summed E-state index contributed by atoms with van der Waals surface area (Å²) in [6.45, 7) is 0.243. The van der Waals surface area contributed by atoms with Gasteiger partial charge >= 0.3 is 11.9 Å². The minimum atomic E-state index is -0.731. The van der Waals surface area contributed by atoms with Crippen LogP contribution < -0.4 is 14.2 Å². The van der Waals surface area contributed by atoms with Gasteiger partial charge in [0.1, 0.15) is 23.6 Å². The van der Waals surface area contributed by atoms with Gasteiger partial charge in [-0.15, -0.1) is 0 Å². The number of ether oxygens (including phenoxy) is 5. The van der Waals surface area contributed by atoms with Crippen LogP contribution in [-0.4, -0.2) is 50.2 Å². The Kier molecular flexibility index (Phi) is 7.73. The number of para-hydroxylation sites is 1. The Labute approximate surface area is 214 Å². The van der Waals surface area contributed by atoms with Crippen molar-refractivity contribution in [2.24, 2.45) is 0 Å². The lowest BCUT2D eigenvalue weighted by molar-refractivity contribution is 0.0549. The third kappa shape index (κ3) is 5.25. The molecule has 1 heterocycles. The van der Waals surface area contributed by atoms with E-state index >= 15 is 0 Å². The molecule has 0 saturated carbocycles. The Morgan fingerprint density at radius 3 is 2.22 bits per heavy atom. The number of hydrogen-bond acceptors (Lipinski definition) is 8. The van der Waals surface area contributed by atoms with E-state index in [9.17, 15) is 9.59 Å². The van der Waals surface area contributed by atoms with Crippen molar-refractivity contribution in [3.63, 3.8) is 0 Å². The third-order valence-corrected chi connectivity index (χ3v) is 5.62. The first-order valence-electron chi connectivity index (χ1n) is 11.3. The van der Waals surface area contributed by atoms with Crippen molar-refractivity contribution in [2.45, 2.75) is 6.61 Å². The molecule has 9 nitrogen and oxygen atoms in total. The second kappa shape index (κ2) is 11.3. The van der Waals surface area contributed by atoms with E-state index in [0.717, 1.165) is 5.56 Å². The molecule has 0 radical (unpaired) electrons. The number of esters is 2. The summed E-state index contributed by atoms with van der Waals surface area (Å²) in [6, 6.07) is 21.6. The van der Waals surface area contributed by atoms with Crippen LogP contribution in [0.3, 0.4) is 0 Å².